The highest BCUT2D eigenvalue weighted by molar-refractivity contribution is 7.18. The van der Waals surface area contributed by atoms with E-state index in [1.807, 2.05) is 23.1 Å². The van der Waals surface area contributed by atoms with Gasteiger partial charge in [0.05, 0.1) is 15.2 Å². The van der Waals surface area contributed by atoms with Crippen molar-refractivity contribution in [2.24, 2.45) is 0 Å². The Labute approximate surface area is 179 Å². The molecule has 30 heavy (non-hydrogen) atoms. The first-order valence-corrected chi connectivity index (χ1v) is 11.6. The molecule has 0 N–H and O–H groups in total. The van der Waals surface area contributed by atoms with Crippen LogP contribution in [0.5, 0.6) is 0 Å². The lowest BCUT2D eigenvalue weighted by molar-refractivity contribution is -0.132. The molecule has 0 spiro atoms. The van der Waals surface area contributed by atoms with E-state index in [9.17, 15) is 4.79 Å². The zero-order valence-corrected chi connectivity index (χ0v) is 17.8. The molecule has 8 heteroatoms. The molecule has 3 aromatic rings. The molecule has 0 bridgehead atoms. The number of carbonyl (C=O) groups excluding carboxylic acids is 1. The molecule has 2 saturated heterocycles. The van der Waals surface area contributed by atoms with Gasteiger partial charge in [0.1, 0.15) is 6.04 Å². The third kappa shape index (κ3) is 4.11. The fourth-order valence-electron chi connectivity index (χ4n) is 4.39. The molecule has 1 amide bonds. The normalized spacial score (nSPS) is 20.3. The summed E-state index contributed by atoms with van der Waals surface area (Å²) in [5.74, 6) is 1.83. The van der Waals surface area contributed by atoms with Gasteiger partial charge in [-0.25, -0.2) is 4.98 Å². The fraction of sp³-hybridized carbons (Fsp3) is 0.545. The standard InChI is InChI=1S/C22H26N4O3S/c27-20(9-3-8-19-23-16-5-1-2-7-18(16)30-19)26-12-4-6-17(26)22-24-21(25-29-22)15-10-13-28-14-11-15/h1-2,5,7,15,17H,3-4,6,8-14H2. The van der Waals surface area contributed by atoms with Crippen molar-refractivity contribution in [3.63, 3.8) is 0 Å². The van der Waals surface area contributed by atoms with Crippen LogP contribution in [0, 0.1) is 0 Å². The highest BCUT2D eigenvalue weighted by atomic mass is 32.1. The van der Waals surface area contributed by atoms with Crippen LogP contribution in [0.1, 0.15) is 67.2 Å². The molecule has 2 fully saturated rings. The van der Waals surface area contributed by atoms with Crippen molar-refractivity contribution < 1.29 is 14.1 Å². The zero-order valence-electron chi connectivity index (χ0n) is 17.0. The van der Waals surface area contributed by atoms with Crippen LogP contribution in [0.3, 0.4) is 0 Å². The number of aryl methyl sites for hydroxylation is 1. The topological polar surface area (TPSA) is 81.4 Å². The summed E-state index contributed by atoms with van der Waals surface area (Å²) >= 11 is 1.72. The van der Waals surface area contributed by atoms with E-state index in [0.29, 0.717) is 18.2 Å². The summed E-state index contributed by atoms with van der Waals surface area (Å²) in [5.41, 5.74) is 1.04. The van der Waals surface area contributed by atoms with E-state index in [1.165, 1.54) is 4.70 Å². The van der Waals surface area contributed by atoms with Gasteiger partial charge in [-0.1, -0.05) is 17.3 Å². The predicted octanol–water partition coefficient (Wildman–Crippen LogP) is 4.26. The second-order valence-electron chi connectivity index (χ2n) is 8.05. The molecule has 1 unspecified atom stereocenters. The highest BCUT2D eigenvalue weighted by Gasteiger charge is 2.34. The van der Waals surface area contributed by atoms with Crippen LogP contribution in [0.25, 0.3) is 10.2 Å². The summed E-state index contributed by atoms with van der Waals surface area (Å²) in [6, 6.07) is 8.09. The SMILES string of the molecule is O=C(CCCc1nc2ccccc2s1)N1CCCC1c1nc(C2CCOCC2)no1. The molecular weight excluding hydrogens is 400 g/mol. The largest absolute Gasteiger partial charge is 0.381 e. The van der Waals surface area contributed by atoms with Crippen LogP contribution in [0.15, 0.2) is 28.8 Å². The Bertz CT molecular complexity index is 978. The van der Waals surface area contributed by atoms with Gasteiger partial charge < -0.3 is 14.2 Å². The summed E-state index contributed by atoms with van der Waals surface area (Å²) in [6.07, 6.45) is 5.88. The van der Waals surface area contributed by atoms with Crippen LogP contribution in [0.4, 0.5) is 0 Å². The Morgan fingerprint density at radius 2 is 2.03 bits per heavy atom. The zero-order chi connectivity index (χ0) is 20.3. The average Bonchev–Trinajstić information content (AvgIpc) is 3.52. The Kier molecular flexibility index (Phi) is 5.77. The minimum absolute atomic E-state index is 0.0824. The number of para-hydroxylation sites is 1. The summed E-state index contributed by atoms with van der Waals surface area (Å²) in [4.78, 5) is 24.2. The number of likely N-dealkylation sites (tertiary alicyclic amines) is 1. The number of fused-ring (bicyclic) bond motifs is 1. The number of ether oxygens (including phenoxy) is 1. The predicted molar refractivity (Wildman–Crippen MR) is 113 cm³/mol. The van der Waals surface area contributed by atoms with Crippen molar-refractivity contribution >= 4 is 27.5 Å². The van der Waals surface area contributed by atoms with E-state index < -0.39 is 0 Å². The van der Waals surface area contributed by atoms with Crippen molar-refractivity contribution in [1.29, 1.82) is 0 Å². The third-order valence-electron chi connectivity index (χ3n) is 6.02. The number of benzene rings is 1. The van der Waals surface area contributed by atoms with Crippen molar-refractivity contribution in [3.8, 4) is 0 Å². The molecule has 158 valence electrons. The fourth-order valence-corrected chi connectivity index (χ4v) is 5.40. The monoisotopic (exact) mass is 426 g/mol. The van der Waals surface area contributed by atoms with Crippen molar-refractivity contribution in [1.82, 2.24) is 20.0 Å². The summed E-state index contributed by atoms with van der Waals surface area (Å²) in [5, 5.41) is 5.31. The van der Waals surface area contributed by atoms with E-state index in [0.717, 1.165) is 74.6 Å². The first kappa shape index (κ1) is 19.6. The van der Waals surface area contributed by atoms with Gasteiger partial charge in [0.2, 0.25) is 11.8 Å². The second kappa shape index (κ2) is 8.81. The maximum Gasteiger partial charge on any atom is 0.249 e. The molecule has 1 atom stereocenters. The molecule has 2 aromatic heterocycles. The van der Waals surface area contributed by atoms with E-state index in [1.54, 1.807) is 11.3 Å². The van der Waals surface area contributed by atoms with Gasteiger partial charge in [-0.2, -0.15) is 4.98 Å². The lowest BCUT2D eigenvalue weighted by Crippen LogP contribution is -2.30. The number of hydrogen-bond acceptors (Lipinski definition) is 7. The molecule has 1 aromatic carbocycles. The third-order valence-corrected chi connectivity index (χ3v) is 7.12. The molecule has 0 aliphatic carbocycles. The number of rotatable bonds is 6. The Morgan fingerprint density at radius 3 is 2.90 bits per heavy atom. The number of carbonyl (C=O) groups is 1. The van der Waals surface area contributed by atoms with Gasteiger partial charge in [-0.3, -0.25) is 4.79 Å². The number of thiazole rings is 1. The first-order valence-electron chi connectivity index (χ1n) is 10.8. The Balaban J connectivity index is 1.18. The van der Waals surface area contributed by atoms with Crippen LogP contribution >= 0.6 is 11.3 Å². The lowest BCUT2D eigenvalue weighted by atomic mass is 10.00. The first-order chi connectivity index (χ1) is 14.8. The Hall–Kier alpha value is -2.32. The van der Waals surface area contributed by atoms with Gasteiger partial charge in [-0.05, 0) is 50.7 Å². The molecule has 0 radical (unpaired) electrons. The summed E-state index contributed by atoms with van der Waals surface area (Å²) in [6.45, 7) is 2.26. The van der Waals surface area contributed by atoms with E-state index in [2.05, 4.69) is 21.2 Å². The number of nitrogens with zero attached hydrogens (tertiary/aromatic N) is 4. The quantitative estimate of drug-likeness (QED) is 0.586. The molecule has 7 nitrogen and oxygen atoms in total. The molecule has 2 aliphatic rings. The summed E-state index contributed by atoms with van der Waals surface area (Å²) < 4.78 is 12.2. The van der Waals surface area contributed by atoms with Gasteiger partial charge in [0, 0.05) is 32.1 Å². The molecular formula is C22H26N4O3S. The van der Waals surface area contributed by atoms with E-state index >= 15 is 0 Å². The maximum atomic E-state index is 12.9. The van der Waals surface area contributed by atoms with Gasteiger partial charge in [0.15, 0.2) is 5.82 Å². The van der Waals surface area contributed by atoms with Crippen molar-refractivity contribution in [3.05, 3.63) is 41.0 Å². The van der Waals surface area contributed by atoms with Crippen LogP contribution in [-0.4, -0.2) is 45.7 Å². The lowest BCUT2D eigenvalue weighted by Gasteiger charge is -2.22. The van der Waals surface area contributed by atoms with E-state index in [4.69, 9.17) is 9.26 Å². The maximum absolute atomic E-state index is 12.9. The van der Waals surface area contributed by atoms with E-state index in [-0.39, 0.29) is 11.9 Å². The van der Waals surface area contributed by atoms with Crippen LogP contribution in [-0.2, 0) is 16.0 Å². The minimum atomic E-state index is -0.0824. The van der Waals surface area contributed by atoms with Crippen molar-refractivity contribution in [2.75, 3.05) is 19.8 Å². The molecule has 4 heterocycles. The number of aromatic nitrogens is 3. The van der Waals surface area contributed by atoms with Crippen LogP contribution < -0.4 is 0 Å². The van der Waals surface area contributed by atoms with Crippen LogP contribution in [0.2, 0.25) is 0 Å². The van der Waals surface area contributed by atoms with Gasteiger partial charge in [0.25, 0.3) is 0 Å². The number of hydrogen-bond donors (Lipinski definition) is 0. The summed E-state index contributed by atoms with van der Waals surface area (Å²) in [7, 11) is 0. The Morgan fingerprint density at radius 1 is 1.17 bits per heavy atom. The number of amides is 1. The van der Waals surface area contributed by atoms with Crippen molar-refractivity contribution in [2.45, 2.75) is 56.9 Å². The molecule has 0 saturated carbocycles. The van der Waals surface area contributed by atoms with Gasteiger partial charge in [-0.15, -0.1) is 11.3 Å². The highest BCUT2D eigenvalue weighted by Crippen LogP contribution is 2.33. The minimum Gasteiger partial charge on any atom is -0.381 e. The van der Waals surface area contributed by atoms with Gasteiger partial charge >= 0.3 is 0 Å². The molecule has 2 aliphatic heterocycles. The second-order valence-corrected chi connectivity index (χ2v) is 9.17. The average molecular weight is 427 g/mol. The smallest absolute Gasteiger partial charge is 0.249 e. The molecule has 5 rings (SSSR count).